The fraction of sp³-hybridized carbons (Fsp3) is 0.778. The van der Waals surface area contributed by atoms with Crippen LogP contribution in [0.4, 0.5) is 0 Å². The van der Waals surface area contributed by atoms with Crippen molar-refractivity contribution in [1.82, 2.24) is 5.32 Å². The second kappa shape index (κ2) is 2.75. The van der Waals surface area contributed by atoms with Crippen molar-refractivity contribution >= 4 is 0 Å². The molecule has 1 heterocycles. The number of hydrogen-bond donors (Lipinski definition) is 0. The van der Waals surface area contributed by atoms with Crippen LogP contribution in [0.15, 0.2) is 12.2 Å². The molecular weight excluding hydrogens is 122 g/mol. The third-order valence-electron chi connectivity index (χ3n) is 2.62. The maximum atomic E-state index is 4.60. The summed E-state index contributed by atoms with van der Waals surface area (Å²) >= 11 is 0. The summed E-state index contributed by atoms with van der Waals surface area (Å²) in [5.41, 5.74) is 0. The molecule has 2 unspecified atom stereocenters. The van der Waals surface area contributed by atoms with E-state index in [2.05, 4.69) is 17.5 Å². The minimum Gasteiger partial charge on any atom is -0.238 e. The van der Waals surface area contributed by atoms with Crippen LogP contribution >= 0.6 is 0 Å². The number of allylic oxidation sites excluding steroid dienone is 1. The van der Waals surface area contributed by atoms with Gasteiger partial charge in [0.15, 0.2) is 0 Å². The molecule has 1 aliphatic carbocycles. The molecule has 0 saturated carbocycles. The molecule has 0 spiro atoms. The van der Waals surface area contributed by atoms with E-state index in [1.54, 1.807) is 0 Å². The fourth-order valence-corrected chi connectivity index (χ4v) is 2.00. The summed E-state index contributed by atoms with van der Waals surface area (Å²) in [6.07, 6.45) is 9.85. The molecule has 0 amide bonds. The van der Waals surface area contributed by atoms with Crippen LogP contribution in [0.1, 0.15) is 25.7 Å². The van der Waals surface area contributed by atoms with E-state index in [1.165, 1.54) is 25.7 Å². The molecule has 0 aromatic carbocycles. The average molecular weight is 136 g/mol. The normalized spacial score (nSPS) is 39.2. The van der Waals surface area contributed by atoms with Gasteiger partial charge in [-0.05, 0) is 31.6 Å². The van der Waals surface area contributed by atoms with Gasteiger partial charge < -0.3 is 0 Å². The lowest BCUT2D eigenvalue weighted by atomic mass is 9.83. The van der Waals surface area contributed by atoms with Crippen LogP contribution in [-0.2, 0) is 0 Å². The quantitative estimate of drug-likeness (QED) is 0.450. The van der Waals surface area contributed by atoms with Gasteiger partial charge in [0.1, 0.15) is 0 Å². The van der Waals surface area contributed by atoms with Gasteiger partial charge in [-0.2, -0.15) is 0 Å². The van der Waals surface area contributed by atoms with Crippen molar-refractivity contribution in [3.8, 4) is 0 Å². The lowest BCUT2D eigenvalue weighted by molar-refractivity contribution is 0.268. The topological polar surface area (TPSA) is 14.1 Å². The SMILES string of the molecule is C1=CCC2[N]CCCC2C1. The first-order valence-electron chi connectivity index (χ1n) is 4.28. The van der Waals surface area contributed by atoms with Gasteiger partial charge in [0.05, 0.1) is 0 Å². The van der Waals surface area contributed by atoms with Crippen LogP contribution in [0.2, 0.25) is 0 Å². The molecule has 0 N–H and O–H groups in total. The van der Waals surface area contributed by atoms with Gasteiger partial charge >= 0.3 is 0 Å². The minimum atomic E-state index is 0.693. The highest BCUT2D eigenvalue weighted by molar-refractivity contribution is 4.98. The standard InChI is InChI=1S/C9H14N/c1-2-6-9-8(4-1)5-3-7-10-9/h1-2,8-9H,3-7H2. The predicted octanol–water partition coefficient (Wildman–Crippen LogP) is 1.72. The smallest absolute Gasteiger partial charge is 0.0311 e. The summed E-state index contributed by atoms with van der Waals surface area (Å²) in [5, 5.41) is 4.60. The van der Waals surface area contributed by atoms with Crippen LogP contribution in [0.3, 0.4) is 0 Å². The molecule has 10 heavy (non-hydrogen) atoms. The second-order valence-electron chi connectivity index (χ2n) is 3.32. The summed E-state index contributed by atoms with van der Waals surface area (Å²) in [4.78, 5) is 0. The summed E-state index contributed by atoms with van der Waals surface area (Å²) < 4.78 is 0. The first-order valence-corrected chi connectivity index (χ1v) is 4.28. The largest absolute Gasteiger partial charge is 0.238 e. The van der Waals surface area contributed by atoms with Crippen molar-refractivity contribution in [2.75, 3.05) is 6.54 Å². The Labute approximate surface area is 62.5 Å². The van der Waals surface area contributed by atoms with E-state index < -0.39 is 0 Å². The molecule has 2 rings (SSSR count). The van der Waals surface area contributed by atoms with Crippen molar-refractivity contribution in [3.63, 3.8) is 0 Å². The maximum Gasteiger partial charge on any atom is 0.0311 e. The average Bonchev–Trinajstić information content (AvgIpc) is 2.05. The predicted molar refractivity (Wildman–Crippen MR) is 41.9 cm³/mol. The van der Waals surface area contributed by atoms with E-state index in [-0.39, 0.29) is 0 Å². The Morgan fingerprint density at radius 1 is 1.20 bits per heavy atom. The van der Waals surface area contributed by atoms with Gasteiger partial charge in [-0.1, -0.05) is 12.2 Å². The molecule has 0 aromatic heterocycles. The van der Waals surface area contributed by atoms with Crippen molar-refractivity contribution in [1.29, 1.82) is 0 Å². The first kappa shape index (κ1) is 6.41. The Balaban J connectivity index is 2.01. The molecule has 0 bridgehead atoms. The Bertz CT molecular complexity index is 124. The molecule has 1 saturated heterocycles. The minimum absolute atomic E-state index is 0.693. The monoisotopic (exact) mass is 136 g/mol. The number of rotatable bonds is 0. The van der Waals surface area contributed by atoms with Gasteiger partial charge in [-0.15, -0.1) is 0 Å². The number of nitrogens with zero attached hydrogens (tertiary/aromatic N) is 1. The Kier molecular flexibility index (Phi) is 1.76. The molecule has 55 valence electrons. The second-order valence-corrected chi connectivity index (χ2v) is 3.32. The number of piperidine rings is 1. The van der Waals surface area contributed by atoms with Crippen molar-refractivity contribution in [2.24, 2.45) is 5.92 Å². The highest BCUT2D eigenvalue weighted by Crippen LogP contribution is 2.27. The molecule has 1 nitrogen and oxygen atoms in total. The van der Waals surface area contributed by atoms with E-state index in [0.29, 0.717) is 6.04 Å². The molecule has 0 aromatic rings. The Morgan fingerprint density at radius 3 is 3.00 bits per heavy atom. The Morgan fingerprint density at radius 2 is 2.10 bits per heavy atom. The van der Waals surface area contributed by atoms with Crippen LogP contribution in [-0.4, -0.2) is 12.6 Å². The highest BCUT2D eigenvalue weighted by Gasteiger charge is 2.25. The van der Waals surface area contributed by atoms with E-state index in [4.69, 9.17) is 0 Å². The molecule has 1 radical (unpaired) electrons. The zero-order valence-electron chi connectivity index (χ0n) is 6.29. The molecule has 1 heteroatoms. The molecule has 1 fully saturated rings. The summed E-state index contributed by atoms with van der Waals surface area (Å²) in [5.74, 6) is 0.902. The molecule has 2 atom stereocenters. The van der Waals surface area contributed by atoms with E-state index in [1.807, 2.05) is 0 Å². The lowest BCUT2D eigenvalue weighted by Crippen LogP contribution is -2.36. The molecule has 2 aliphatic rings. The van der Waals surface area contributed by atoms with E-state index in [0.717, 1.165) is 12.5 Å². The maximum absolute atomic E-state index is 4.60. The van der Waals surface area contributed by atoms with Crippen LogP contribution < -0.4 is 5.32 Å². The van der Waals surface area contributed by atoms with E-state index in [9.17, 15) is 0 Å². The van der Waals surface area contributed by atoms with Gasteiger partial charge in [-0.25, -0.2) is 5.32 Å². The van der Waals surface area contributed by atoms with Gasteiger partial charge in [-0.3, -0.25) is 0 Å². The Hall–Kier alpha value is -0.300. The summed E-state index contributed by atoms with van der Waals surface area (Å²) in [6, 6.07) is 0.693. The molecular formula is C9H14N. The van der Waals surface area contributed by atoms with Crippen LogP contribution in [0.25, 0.3) is 0 Å². The highest BCUT2D eigenvalue weighted by atomic mass is 14.9. The first-order chi connectivity index (χ1) is 4.97. The third-order valence-corrected chi connectivity index (χ3v) is 2.62. The van der Waals surface area contributed by atoms with Crippen molar-refractivity contribution < 1.29 is 0 Å². The zero-order chi connectivity index (χ0) is 6.81. The third kappa shape index (κ3) is 1.10. The molecule has 1 aliphatic heterocycles. The summed E-state index contributed by atoms with van der Waals surface area (Å²) in [6.45, 7) is 1.12. The van der Waals surface area contributed by atoms with E-state index >= 15 is 0 Å². The van der Waals surface area contributed by atoms with Crippen molar-refractivity contribution in [3.05, 3.63) is 12.2 Å². The number of fused-ring (bicyclic) bond motifs is 1. The van der Waals surface area contributed by atoms with Gasteiger partial charge in [0.2, 0.25) is 0 Å². The lowest BCUT2D eigenvalue weighted by Gasteiger charge is -2.32. The fourth-order valence-electron chi connectivity index (χ4n) is 2.00. The van der Waals surface area contributed by atoms with Gasteiger partial charge in [0, 0.05) is 12.6 Å². The van der Waals surface area contributed by atoms with Crippen molar-refractivity contribution in [2.45, 2.75) is 31.7 Å². The number of hydrogen-bond acceptors (Lipinski definition) is 0. The van der Waals surface area contributed by atoms with Gasteiger partial charge in [0.25, 0.3) is 0 Å². The van der Waals surface area contributed by atoms with Crippen LogP contribution in [0.5, 0.6) is 0 Å². The zero-order valence-corrected chi connectivity index (χ0v) is 6.29. The summed E-state index contributed by atoms with van der Waals surface area (Å²) in [7, 11) is 0. The van der Waals surface area contributed by atoms with Crippen LogP contribution in [0, 0.1) is 5.92 Å².